The third-order valence-corrected chi connectivity index (χ3v) is 19.8. The number of nitrogens with two attached hydrogens (primary N) is 1. The molecule has 9 N–H and O–H groups in total. The van der Waals surface area contributed by atoms with Crippen LogP contribution < -0.4 is 43.0 Å². The van der Waals surface area contributed by atoms with Gasteiger partial charge in [-0.05, 0) is 102 Å². The van der Waals surface area contributed by atoms with Crippen LogP contribution in [-0.2, 0) is 62.3 Å². The van der Waals surface area contributed by atoms with Crippen LogP contribution in [0.25, 0.3) is 0 Å². The number of amides is 11. The molecule has 568 valence electrons. The number of benzene rings is 2. The molecule has 12 atom stereocenters. The zero-order valence-corrected chi connectivity index (χ0v) is 60.7. The molecule has 2 aliphatic heterocycles. The molecule has 0 aromatic heterocycles. The first-order valence-corrected chi connectivity index (χ1v) is 33.7. The molecule has 100 heavy (non-hydrogen) atoms. The molecule has 0 bridgehead atoms. The highest BCUT2D eigenvalue weighted by Gasteiger charge is 2.71. The number of nitrogens with one attached hydrogen (secondary N) is 7. The van der Waals surface area contributed by atoms with Crippen LogP contribution in [0.2, 0.25) is 0 Å². The van der Waals surface area contributed by atoms with Crippen molar-refractivity contribution in [3.63, 3.8) is 0 Å². The molecule has 6 aliphatic rings. The molecular weight excluding hydrogens is 1300 g/mol. The predicted molar refractivity (Wildman–Crippen MR) is 393 cm³/mol. The average Bonchev–Trinajstić information content (AvgIpc) is 1.53. The minimum atomic E-state index is -1.17. The van der Waals surface area contributed by atoms with Crippen LogP contribution in [0.5, 0.6) is 0 Å². The number of Topliss-reactive ketones (excluding diaryl/α,β-unsaturated/α-hetero) is 2. The quantitative estimate of drug-likeness (QED) is 0.0509. The van der Waals surface area contributed by atoms with E-state index >= 15 is 0 Å². The highest BCUT2D eigenvalue weighted by atomic mass is 35.5. The molecule has 2 saturated heterocycles. The van der Waals surface area contributed by atoms with Crippen molar-refractivity contribution < 1.29 is 75.6 Å². The van der Waals surface area contributed by atoms with Gasteiger partial charge in [-0.15, -0.1) is 12.4 Å². The molecule has 0 radical (unpaired) electrons. The first kappa shape index (κ1) is 84.4. The van der Waals surface area contributed by atoms with Crippen molar-refractivity contribution in [2.24, 2.45) is 62.9 Å². The van der Waals surface area contributed by atoms with Crippen LogP contribution in [0.4, 0.5) is 4.79 Å². The van der Waals surface area contributed by atoms with Crippen molar-refractivity contribution >= 4 is 89.1 Å². The van der Waals surface area contributed by atoms with E-state index in [4.69, 9.17) is 10.5 Å². The number of fused-ring (bicyclic) bond motifs is 2. The summed E-state index contributed by atoms with van der Waals surface area (Å²) in [6.45, 7) is 24.0. The Kier molecular flexibility index (Phi) is 28.0. The molecule has 11 amide bonds. The third-order valence-electron chi connectivity index (χ3n) is 19.8. The summed E-state index contributed by atoms with van der Waals surface area (Å²) in [6.07, 6.45) is 3.24. The van der Waals surface area contributed by atoms with Crippen molar-refractivity contribution in [1.29, 1.82) is 0 Å². The van der Waals surface area contributed by atoms with E-state index in [1.54, 1.807) is 115 Å². The summed E-state index contributed by atoms with van der Waals surface area (Å²) >= 11 is 0. The number of halogens is 1. The first-order valence-electron chi connectivity index (χ1n) is 33.7. The number of ether oxygens (including phenoxy) is 1. The number of nitrogens with zero attached hydrogens (tertiary/aromatic N) is 4. The van der Waals surface area contributed by atoms with Gasteiger partial charge in [-0.2, -0.15) is 0 Å². The minimum absolute atomic E-state index is 0. The van der Waals surface area contributed by atoms with Gasteiger partial charge in [-0.3, -0.25) is 57.5 Å². The Balaban J connectivity index is -0.00000186. The van der Waals surface area contributed by atoms with Crippen LogP contribution in [0, 0.1) is 57.2 Å². The van der Waals surface area contributed by atoms with E-state index in [1.807, 2.05) is 55.4 Å². The van der Waals surface area contributed by atoms with Crippen molar-refractivity contribution in [2.45, 2.75) is 197 Å². The van der Waals surface area contributed by atoms with E-state index in [-0.39, 0.29) is 113 Å². The van der Waals surface area contributed by atoms with Crippen LogP contribution in [0.1, 0.15) is 175 Å². The van der Waals surface area contributed by atoms with Crippen LogP contribution in [0.3, 0.4) is 0 Å². The van der Waals surface area contributed by atoms with Gasteiger partial charge in [0.2, 0.25) is 58.8 Å². The number of carbonyl (C=O) groups excluding carboxylic acids is 13. The second kappa shape index (κ2) is 33.2. The predicted octanol–water partition coefficient (Wildman–Crippen LogP) is 6.25. The lowest BCUT2D eigenvalue weighted by atomic mass is 9.85. The normalized spacial score (nSPS) is 22.1. The summed E-state index contributed by atoms with van der Waals surface area (Å²) in [4.78, 5) is 178. The molecule has 4 saturated carbocycles. The van der Waals surface area contributed by atoms with Gasteiger partial charge in [0.15, 0.2) is 0 Å². The van der Waals surface area contributed by atoms with E-state index < -0.39 is 137 Å². The minimum Gasteiger partial charge on any atom is -0.444 e. The summed E-state index contributed by atoms with van der Waals surface area (Å²) in [7, 11) is 6.27. The van der Waals surface area contributed by atoms with Gasteiger partial charge in [0.1, 0.15) is 35.8 Å². The molecule has 26 nitrogen and oxygen atoms in total. The SMILES string of the molecule is C.C.CN(C)C(=O)[C@@H](NC(=O)CNC(=O)C(=O)C(CC1CC1)NC(=O)C1[C@@H]2[C@H](CN1C(=O)[C@@H](N)C(C)(C)C)C2(C)C)c1ccccc1.CN(C)C(=O)[C@@H](NC(=O)CNC(=O)C(=O)C(CC1CC1)NC(=O)C1[C@@H]2[C@H](CN1C(=O)[C@@H](NC(=O)OC(C)(C)C)C(C)(C)C)C2(C)C)c1ccccc1.Cl.[HH].[HH].[HH].[HH].[HH].[HH]. The fourth-order valence-electron chi connectivity index (χ4n) is 13.4. The van der Waals surface area contributed by atoms with Crippen molar-refractivity contribution in [3.8, 4) is 0 Å². The molecular formula is C73H125ClN12O14. The zero-order chi connectivity index (χ0) is 72.4. The smallest absolute Gasteiger partial charge is 0.408 e. The standard InChI is InChI=1S/C38H56N6O8.C33H48N6O6.2CH4.ClH.6H2/c1-36(2,3)30(42-35(51)52-37(4,5)6)34(50)44-20-23-26(38(23,7)8)28(44)31(47)40-24(18-21-16-17-21)29(46)32(48)39-19-25(45)41-27(33(49)43(9)10)22-14-12-11-13-15-22;1-32(2,3)27(34)31(45)39-17-20-23(33(20,4)5)25(39)28(42)36-21(15-18-13-14-18)26(41)29(43)35-16-22(40)37-24(30(44)38(6)7)19-11-9-8-10-12-19;;;;;;;;;/h11-15,21,23-24,26-28,30H,16-20H2,1-10H3,(H,39,48)(H,40,47)(H,41,45)(H,42,51);8-12,18,20-21,23-25,27H,13-17,34H2,1-7H3,(H,35,43)(H,36,42)(H,37,40);2*1H4;7*1H/t23-,24?,26-,27-,28?,30+;20-,21?,23-,24-,25?,27+;;;;;;;;;/m00........./s1. The number of piperidine rings is 2. The molecule has 4 aliphatic carbocycles. The van der Waals surface area contributed by atoms with Gasteiger partial charge in [0.25, 0.3) is 11.8 Å². The molecule has 2 aromatic rings. The molecule has 4 unspecified atom stereocenters. The Morgan fingerprint density at radius 2 is 0.890 bits per heavy atom. The van der Waals surface area contributed by atoms with E-state index in [0.717, 1.165) is 25.7 Å². The topological polar surface area (TPSA) is 354 Å². The number of carbonyl (C=O) groups is 13. The fraction of sp³-hybridized carbons (Fsp3) is 0.658. The molecule has 27 heteroatoms. The largest absolute Gasteiger partial charge is 0.444 e. The van der Waals surface area contributed by atoms with Gasteiger partial charge < -0.3 is 67.3 Å². The lowest BCUT2D eigenvalue weighted by Crippen LogP contribution is -2.61. The first-order chi connectivity index (χ1) is 45.0. The molecule has 2 aromatic carbocycles. The highest BCUT2D eigenvalue weighted by Crippen LogP contribution is 2.66. The summed E-state index contributed by atoms with van der Waals surface area (Å²) in [6, 6.07) is 9.58. The maximum absolute atomic E-state index is 14.2. The van der Waals surface area contributed by atoms with E-state index in [1.165, 1.54) is 14.7 Å². The molecule has 2 heterocycles. The summed E-state index contributed by atoms with van der Waals surface area (Å²) in [5.74, 6) is -7.38. The number of hydrogen-bond donors (Lipinski definition) is 8. The van der Waals surface area contributed by atoms with Gasteiger partial charge in [0, 0.05) is 49.8 Å². The summed E-state index contributed by atoms with van der Waals surface area (Å²) < 4.78 is 5.43. The lowest BCUT2D eigenvalue weighted by Gasteiger charge is -2.38. The van der Waals surface area contributed by atoms with E-state index in [2.05, 4.69) is 51.1 Å². The lowest BCUT2D eigenvalue weighted by molar-refractivity contribution is -0.145. The average molecular weight is 1430 g/mol. The van der Waals surface area contributed by atoms with Crippen molar-refractivity contribution in [2.75, 3.05) is 54.4 Å². The van der Waals surface area contributed by atoms with Crippen molar-refractivity contribution in [1.82, 2.24) is 56.8 Å². The maximum atomic E-state index is 14.2. The number of ketones is 2. The van der Waals surface area contributed by atoms with Gasteiger partial charge in [0.05, 0.1) is 31.2 Å². The Labute approximate surface area is 605 Å². The Morgan fingerprint density at radius 3 is 1.20 bits per heavy atom. The van der Waals surface area contributed by atoms with Gasteiger partial charge in [-0.1, -0.05) is 170 Å². The second-order valence-electron chi connectivity index (χ2n) is 31.9. The van der Waals surface area contributed by atoms with E-state index in [0.29, 0.717) is 24.2 Å². The Morgan fingerprint density at radius 1 is 0.540 bits per heavy atom. The monoisotopic (exact) mass is 1430 g/mol. The summed E-state index contributed by atoms with van der Waals surface area (Å²) in [5, 5.41) is 18.3. The highest BCUT2D eigenvalue weighted by molar-refractivity contribution is 6.39. The molecule has 8 rings (SSSR count). The molecule has 6 fully saturated rings. The van der Waals surface area contributed by atoms with Gasteiger partial charge in [-0.25, -0.2) is 4.79 Å². The van der Waals surface area contributed by atoms with Crippen LogP contribution >= 0.6 is 12.4 Å². The van der Waals surface area contributed by atoms with E-state index in [9.17, 15) is 62.3 Å². The molecule has 0 spiro atoms. The fourth-order valence-corrected chi connectivity index (χ4v) is 13.4. The number of hydrogen-bond acceptors (Lipinski definition) is 15. The van der Waals surface area contributed by atoms with Crippen LogP contribution in [0.15, 0.2) is 60.7 Å². The number of likely N-dealkylation sites (N-methyl/N-ethyl adjacent to an activating group) is 2. The Hall–Kier alpha value is -8.00. The summed E-state index contributed by atoms with van der Waals surface area (Å²) in [5.41, 5.74) is 5.03. The number of likely N-dealkylation sites (tertiary alicyclic amines) is 2. The zero-order valence-electron chi connectivity index (χ0n) is 59.9. The van der Waals surface area contributed by atoms with Gasteiger partial charge >= 0.3 is 6.09 Å². The van der Waals surface area contributed by atoms with Crippen LogP contribution in [-0.4, -0.2) is 193 Å². The number of rotatable bonds is 25. The second-order valence-corrected chi connectivity index (χ2v) is 31.9. The maximum Gasteiger partial charge on any atom is 0.408 e. The Bertz CT molecular complexity index is 3370. The number of alkyl carbamates (subject to hydrolysis) is 1. The third kappa shape index (κ3) is 20.8. The van der Waals surface area contributed by atoms with Crippen molar-refractivity contribution in [3.05, 3.63) is 71.8 Å².